The summed E-state index contributed by atoms with van der Waals surface area (Å²) in [5.41, 5.74) is 0. The lowest BCUT2D eigenvalue weighted by Gasteiger charge is -1.96. The third-order valence-electron chi connectivity index (χ3n) is 0.982. The highest BCUT2D eigenvalue weighted by molar-refractivity contribution is 7.73. The van der Waals surface area contributed by atoms with Crippen molar-refractivity contribution in [3.05, 3.63) is 6.92 Å². The fourth-order valence-electron chi connectivity index (χ4n) is 0.401. The van der Waals surface area contributed by atoms with Gasteiger partial charge in [-0.05, 0) is 13.3 Å². The Hall–Kier alpha value is -0.0500. The van der Waals surface area contributed by atoms with Crippen LogP contribution >= 0.6 is 0 Å². The van der Waals surface area contributed by atoms with Crippen LogP contribution in [0, 0.1) is 6.92 Å². The van der Waals surface area contributed by atoms with Crippen LogP contribution in [-0.4, -0.2) is 13.7 Å². The molecule has 1 radical (unpaired) electrons. The molecule has 0 amide bonds. The molecule has 0 N–H and O–H groups in total. The topological polar surface area (TPSA) is 34.1 Å². The summed E-state index contributed by atoms with van der Waals surface area (Å²) in [5.74, 6) is 0. The summed E-state index contributed by atoms with van der Waals surface area (Å²) in [6.45, 7) is 5.23. The molecule has 0 rings (SSSR count). The number of thiol groups is 1. The van der Waals surface area contributed by atoms with Crippen LogP contribution in [0.5, 0.6) is 0 Å². The molecule has 1 unspecified atom stereocenters. The standard InChI is InChI=1S/C5H11O2S/c1-3-4-5(2)8(6)7/h5,8H,1,3-4H2,2H3. The Morgan fingerprint density at radius 1 is 1.62 bits per heavy atom. The van der Waals surface area contributed by atoms with E-state index in [1.807, 2.05) is 0 Å². The first-order valence-corrected chi connectivity index (χ1v) is 3.86. The Kier molecular flexibility index (Phi) is 3.87. The molecule has 0 aliphatic rings. The highest BCUT2D eigenvalue weighted by atomic mass is 32.2. The molecule has 1 atom stereocenters. The Morgan fingerprint density at radius 3 is 2.25 bits per heavy atom. The van der Waals surface area contributed by atoms with Gasteiger partial charge in [-0.3, -0.25) is 0 Å². The van der Waals surface area contributed by atoms with Crippen LogP contribution in [0.25, 0.3) is 0 Å². The van der Waals surface area contributed by atoms with E-state index in [0.29, 0.717) is 12.8 Å². The molecular weight excluding hydrogens is 124 g/mol. The van der Waals surface area contributed by atoms with Crippen molar-refractivity contribution in [2.24, 2.45) is 0 Å². The van der Waals surface area contributed by atoms with E-state index in [4.69, 9.17) is 0 Å². The second-order valence-electron chi connectivity index (χ2n) is 1.78. The van der Waals surface area contributed by atoms with E-state index in [1.54, 1.807) is 6.92 Å². The molecule has 0 spiro atoms. The molecule has 8 heavy (non-hydrogen) atoms. The second-order valence-corrected chi connectivity index (χ2v) is 3.23. The summed E-state index contributed by atoms with van der Waals surface area (Å²) >= 11 is 0. The van der Waals surface area contributed by atoms with Crippen molar-refractivity contribution in [2.75, 3.05) is 0 Å². The predicted octanol–water partition coefficient (Wildman–Crippen LogP) is 0.601. The predicted molar refractivity (Wildman–Crippen MR) is 34.4 cm³/mol. The largest absolute Gasteiger partial charge is 0.232 e. The number of hydrogen-bond acceptors (Lipinski definition) is 2. The van der Waals surface area contributed by atoms with Crippen molar-refractivity contribution in [1.29, 1.82) is 0 Å². The van der Waals surface area contributed by atoms with Crippen molar-refractivity contribution in [1.82, 2.24) is 0 Å². The van der Waals surface area contributed by atoms with E-state index in [2.05, 4.69) is 6.92 Å². The second kappa shape index (κ2) is 3.89. The van der Waals surface area contributed by atoms with Gasteiger partial charge in [-0.25, -0.2) is 8.42 Å². The maximum atomic E-state index is 10.1. The third-order valence-corrected chi connectivity index (χ3v) is 1.96. The van der Waals surface area contributed by atoms with Crippen molar-refractivity contribution >= 4 is 10.7 Å². The molecule has 0 aromatic carbocycles. The minimum absolute atomic E-state index is 0.192. The van der Waals surface area contributed by atoms with Gasteiger partial charge >= 0.3 is 0 Å². The lowest BCUT2D eigenvalue weighted by molar-refractivity contribution is 0.598. The molecule has 0 aromatic rings. The highest BCUT2D eigenvalue weighted by Gasteiger charge is 1.99. The summed E-state index contributed by atoms with van der Waals surface area (Å²) in [4.78, 5) is 0. The summed E-state index contributed by atoms with van der Waals surface area (Å²) in [5, 5.41) is -0.192. The van der Waals surface area contributed by atoms with Crippen LogP contribution in [0.3, 0.4) is 0 Å². The van der Waals surface area contributed by atoms with E-state index in [9.17, 15) is 8.42 Å². The van der Waals surface area contributed by atoms with Crippen molar-refractivity contribution < 1.29 is 8.42 Å². The van der Waals surface area contributed by atoms with Gasteiger partial charge in [0.2, 0.25) is 0 Å². The van der Waals surface area contributed by atoms with Gasteiger partial charge in [0, 0.05) is 0 Å². The summed E-state index contributed by atoms with van der Waals surface area (Å²) in [6.07, 6.45) is 1.38. The van der Waals surface area contributed by atoms with E-state index in [0.717, 1.165) is 0 Å². The Balaban J connectivity index is 3.48. The molecule has 2 nitrogen and oxygen atoms in total. The molecule has 0 heterocycles. The third kappa shape index (κ3) is 3.02. The first kappa shape index (κ1) is 7.95. The molecule has 0 saturated carbocycles. The lowest BCUT2D eigenvalue weighted by atomic mass is 10.3. The molecular formula is C5H11O2S. The van der Waals surface area contributed by atoms with Gasteiger partial charge in [0.1, 0.15) is 10.7 Å². The highest BCUT2D eigenvalue weighted by Crippen LogP contribution is 1.96. The fraction of sp³-hybridized carbons (Fsp3) is 0.800. The van der Waals surface area contributed by atoms with Gasteiger partial charge in [0.15, 0.2) is 0 Å². The minimum Gasteiger partial charge on any atom is -0.232 e. The first-order valence-electron chi connectivity index (χ1n) is 2.61. The molecule has 49 valence electrons. The summed E-state index contributed by atoms with van der Waals surface area (Å²) in [6, 6.07) is 0. The molecule has 0 fully saturated rings. The van der Waals surface area contributed by atoms with Gasteiger partial charge in [0.25, 0.3) is 0 Å². The van der Waals surface area contributed by atoms with E-state index in [1.165, 1.54) is 0 Å². The maximum Gasteiger partial charge on any atom is 0.142 e. The SMILES string of the molecule is [CH2]CCC(C)[SH](=O)=O. The molecule has 0 aliphatic carbocycles. The first-order chi connectivity index (χ1) is 3.68. The monoisotopic (exact) mass is 135 g/mol. The van der Waals surface area contributed by atoms with E-state index >= 15 is 0 Å². The Bertz CT molecular complexity index is 110. The van der Waals surface area contributed by atoms with Crippen molar-refractivity contribution in [3.8, 4) is 0 Å². The van der Waals surface area contributed by atoms with Gasteiger partial charge < -0.3 is 0 Å². The minimum atomic E-state index is -2.21. The van der Waals surface area contributed by atoms with Crippen LogP contribution in [0.4, 0.5) is 0 Å². The van der Waals surface area contributed by atoms with Crippen LogP contribution in [0.2, 0.25) is 0 Å². The van der Waals surface area contributed by atoms with E-state index < -0.39 is 10.7 Å². The summed E-state index contributed by atoms with van der Waals surface area (Å²) < 4.78 is 20.2. The maximum absolute atomic E-state index is 10.1. The Morgan fingerprint density at radius 2 is 2.12 bits per heavy atom. The number of rotatable bonds is 3. The van der Waals surface area contributed by atoms with Crippen LogP contribution in [-0.2, 0) is 10.7 Å². The fourth-order valence-corrected chi connectivity index (χ4v) is 0.794. The summed E-state index contributed by atoms with van der Waals surface area (Å²) in [7, 11) is -2.21. The van der Waals surface area contributed by atoms with Gasteiger partial charge in [-0.2, -0.15) is 0 Å². The van der Waals surface area contributed by atoms with Crippen LogP contribution in [0.15, 0.2) is 0 Å². The van der Waals surface area contributed by atoms with Crippen molar-refractivity contribution in [3.63, 3.8) is 0 Å². The molecule has 0 saturated heterocycles. The van der Waals surface area contributed by atoms with Gasteiger partial charge in [0.05, 0.1) is 5.25 Å². The zero-order chi connectivity index (χ0) is 6.57. The average molecular weight is 135 g/mol. The van der Waals surface area contributed by atoms with Gasteiger partial charge in [-0.1, -0.05) is 13.3 Å². The van der Waals surface area contributed by atoms with E-state index in [-0.39, 0.29) is 5.25 Å². The average Bonchev–Trinajstić information content (AvgIpc) is 1.67. The molecule has 3 heteroatoms. The van der Waals surface area contributed by atoms with Gasteiger partial charge in [-0.15, -0.1) is 0 Å². The van der Waals surface area contributed by atoms with Crippen LogP contribution < -0.4 is 0 Å². The smallest absolute Gasteiger partial charge is 0.142 e. The Labute approximate surface area is 51.9 Å². The molecule has 0 aliphatic heterocycles. The normalized spacial score (nSPS) is 14.4. The quantitative estimate of drug-likeness (QED) is 0.575. The molecule has 0 bridgehead atoms. The zero-order valence-electron chi connectivity index (χ0n) is 4.96. The molecule has 0 aromatic heterocycles. The lowest BCUT2D eigenvalue weighted by Crippen LogP contribution is -2.01. The number of hydrogen-bond donors (Lipinski definition) is 1. The zero-order valence-corrected chi connectivity index (χ0v) is 5.86. The van der Waals surface area contributed by atoms with Crippen molar-refractivity contribution in [2.45, 2.75) is 25.0 Å². The van der Waals surface area contributed by atoms with Crippen LogP contribution in [0.1, 0.15) is 19.8 Å².